The van der Waals surface area contributed by atoms with Crippen LogP contribution in [0.2, 0.25) is 0 Å². The van der Waals surface area contributed by atoms with Crippen LogP contribution in [0.15, 0.2) is 33.5 Å². The van der Waals surface area contributed by atoms with E-state index in [0.717, 1.165) is 46.0 Å². The lowest BCUT2D eigenvalue weighted by Gasteiger charge is -2.16. The fraction of sp³-hybridized carbons (Fsp3) is 0.368. The minimum absolute atomic E-state index is 0.416. The highest BCUT2D eigenvalue weighted by molar-refractivity contribution is 9.10. The minimum atomic E-state index is -2.21. The second-order valence-electron chi connectivity index (χ2n) is 6.90. The van der Waals surface area contributed by atoms with Crippen LogP contribution in [0.3, 0.4) is 0 Å². The van der Waals surface area contributed by atoms with Gasteiger partial charge in [-0.1, -0.05) is 12.5 Å². The highest BCUT2D eigenvalue weighted by Crippen LogP contribution is 2.42. The lowest BCUT2D eigenvalue weighted by Crippen LogP contribution is -2.15. The molecule has 7 nitrogen and oxygen atoms in total. The first-order valence-corrected chi connectivity index (χ1v) is 11.7. The lowest BCUT2D eigenvalue weighted by molar-refractivity contribution is 0.416. The van der Waals surface area contributed by atoms with Crippen molar-refractivity contribution in [3.8, 4) is 16.9 Å². The van der Waals surface area contributed by atoms with E-state index in [2.05, 4.69) is 30.3 Å². The van der Waals surface area contributed by atoms with Crippen molar-refractivity contribution >= 4 is 48.2 Å². The first-order valence-electron chi connectivity index (χ1n) is 9.09. The predicted octanol–water partition coefficient (Wildman–Crippen LogP) is 4.27. The molecule has 0 atom stereocenters. The van der Waals surface area contributed by atoms with E-state index in [9.17, 15) is 4.21 Å². The maximum atomic E-state index is 13.0. The number of fused-ring (bicyclic) bond motifs is 1. The van der Waals surface area contributed by atoms with Crippen molar-refractivity contribution in [2.24, 2.45) is 11.4 Å². The zero-order valence-electron chi connectivity index (χ0n) is 15.8. The highest BCUT2D eigenvalue weighted by atomic mass is 79.9. The summed E-state index contributed by atoms with van der Waals surface area (Å²) in [6.07, 6.45) is 4.51. The zero-order valence-corrected chi connectivity index (χ0v) is 18.2. The van der Waals surface area contributed by atoms with Gasteiger partial charge < -0.3 is 15.0 Å². The summed E-state index contributed by atoms with van der Waals surface area (Å²) in [6.45, 7) is 0. The maximum Gasteiger partial charge on any atom is 0.146 e. The SMILES string of the molecule is COc1cc(-c2c(Br)n(C)c3ncnc(N)c23)ccc1N=S1(=O)CCCCC1. The molecule has 1 aromatic carbocycles. The molecule has 9 heteroatoms. The highest BCUT2D eigenvalue weighted by Gasteiger charge is 2.21. The van der Waals surface area contributed by atoms with Gasteiger partial charge in [-0.15, -0.1) is 0 Å². The third kappa shape index (κ3) is 3.26. The molecule has 3 heterocycles. The number of anilines is 1. The van der Waals surface area contributed by atoms with Gasteiger partial charge in [-0.25, -0.2) is 14.2 Å². The summed E-state index contributed by atoms with van der Waals surface area (Å²) in [4.78, 5) is 8.49. The Morgan fingerprint density at radius 3 is 2.71 bits per heavy atom. The average molecular weight is 464 g/mol. The van der Waals surface area contributed by atoms with Crippen LogP contribution in [0.4, 0.5) is 11.5 Å². The molecule has 148 valence electrons. The maximum absolute atomic E-state index is 13.0. The molecule has 1 aliphatic rings. The fourth-order valence-corrected chi connectivity index (χ4v) is 6.43. The number of nitrogens with zero attached hydrogens (tertiary/aromatic N) is 4. The van der Waals surface area contributed by atoms with E-state index in [1.165, 1.54) is 6.33 Å². The van der Waals surface area contributed by atoms with Crippen molar-refractivity contribution < 1.29 is 8.95 Å². The monoisotopic (exact) mass is 463 g/mol. The summed E-state index contributed by atoms with van der Waals surface area (Å²) in [5.41, 5.74) is 9.30. The second-order valence-corrected chi connectivity index (χ2v) is 10.2. The van der Waals surface area contributed by atoms with E-state index in [-0.39, 0.29) is 0 Å². The molecular formula is C19H22BrN5O2S. The molecule has 1 fully saturated rings. The van der Waals surface area contributed by atoms with Crippen molar-refractivity contribution in [1.82, 2.24) is 14.5 Å². The summed E-state index contributed by atoms with van der Waals surface area (Å²) in [5, 5.41) is 0.779. The molecule has 0 aliphatic carbocycles. The number of ether oxygens (including phenoxy) is 1. The molecule has 1 saturated heterocycles. The van der Waals surface area contributed by atoms with E-state index in [4.69, 9.17) is 10.5 Å². The molecule has 0 radical (unpaired) electrons. The van der Waals surface area contributed by atoms with Gasteiger partial charge >= 0.3 is 0 Å². The molecule has 28 heavy (non-hydrogen) atoms. The summed E-state index contributed by atoms with van der Waals surface area (Å²) in [7, 11) is 1.31. The van der Waals surface area contributed by atoms with Crippen LogP contribution in [0, 0.1) is 0 Å². The van der Waals surface area contributed by atoms with Crippen LogP contribution in [-0.4, -0.2) is 37.4 Å². The van der Waals surface area contributed by atoms with E-state index in [1.807, 2.05) is 29.8 Å². The van der Waals surface area contributed by atoms with Gasteiger partial charge in [0.2, 0.25) is 0 Å². The molecule has 2 aromatic heterocycles. The van der Waals surface area contributed by atoms with Gasteiger partial charge in [-0.3, -0.25) is 0 Å². The molecule has 0 unspecified atom stereocenters. The van der Waals surface area contributed by atoms with Gasteiger partial charge in [-0.05, 0) is 46.5 Å². The summed E-state index contributed by atoms with van der Waals surface area (Å²) in [5.74, 6) is 2.31. The third-order valence-electron chi connectivity index (χ3n) is 5.08. The minimum Gasteiger partial charge on any atom is -0.494 e. The molecule has 3 aromatic rings. The van der Waals surface area contributed by atoms with Crippen molar-refractivity contribution in [3.05, 3.63) is 29.1 Å². The Kier molecular flexibility index (Phi) is 5.05. The molecule has 0 bridgehead atoms. The fourth-order valence-electron chi connectivity index (χ4n) is 3.62. The van der Waals surface area contributed by atoms with Crippen LogP contribution in [0.1, 0.15) is 19.3 Å². The Bertz CT molecular complexity index is 1170. The van der Waals surface area contributed by atoms with Crippen molar-refractivity contribution in [2.45, 2.75) is 19.3 Å². The van der Waals surface area contributed by atoms with Crippen molar-refractivity contribution in [1.29, 1.82) is 0 Å². The number of rotatable bonds is 3. The Morgan fingerprint density at radius 1 is 1.25 bits per heavy atom. The quantitative estimate of drug-likeness (QED) is 0.625. The number of benzene rings is 1. The zero-order chi connectivity index (χ0) is 19.9. The number of aryl methyl sites for hydroxylation is 1. The number of aromatic nitrogens is 3. The second kappa shape index (κ2) is 7.36. The van der Waals surface area contributed by atoms with Gasteiger partial charge in [0.1, 0.15) is 29.2 Å². The van der Waals surface area contributed by atoms with E-state index < -0.39 is 9.73 Å². The standard InChI is InChI=1S/C19H22BrN5O2S/c1-25-17(20)15(16-18(21)22-11-23-19(16)25)12-6-7-13(14(10-12)27-2)24-28(26)8-4-3-5-9-28/h6-7,10-11H,3-5,8-9H2,1-2H3,(H2,21,22,23). The summed E-state index contributed by atoms with van der Waals surface area (Å²) < 4.78 is 26.0. The van der Waals surface area contributed by atoms with Crippen LogP contribution in [0.25, 0.3) is 22.2 Å². The number of methoxy groups -OCH3 is 1. The molecule has 0 saturated carbocycles. The molecule has 4 rings (SSSR count). The van der Waals surface area contributed by atoms with Crippen molar-refractivity contribution in [3.63, 3.8) is 0 Å². The Morgan fingerprint density at radius 2 is 2.00 bits per heavy atom. The van der Waals surface area contributed by atoms with Crippen LogP contribution in [-0.2, 0) is 16.8 Å². The smallest absolute Gasteiger partial charge is 0.146 e. The van der Waals surface area contributed by atoms with E-state index in [1.54, 1.807) is 7.11 Å². The molecular weight excluding hydrogens is 442 g/mol. The number of halogens is 1. The Balaban J connectivity index is 1.88. The largest absolute Gasteiger partial charge is 0.494 e. The van der Waals surface area contributed by atoms with Crippen molar-refractivity contribution in [2.75, 3.05) is 24.3 Å². The van der Waals surface area contributed by atoms with Gasteiger partial charge in [0, 0.05) is 24.1 Å². The lowest BCUT2D eigenvalue weighted by atomic mass is 10.1. The van der Waals surface area contributed by atoms with Crippen LogP contribution >= 0.6 is 15.9 Å². The van der Waals surface area contributed by atoms with Crippen LogP contribution in [0.5, 0.6) is 5.75 Å². The number of hydrogen-bond acceptors (Lipinski definition) is 6. The summed E-state index contributed by atoms with van der Waals surface area (Å²) in [6, 6.07) is 5.70. The Labute approximate surface area is 172 Å². The predicted molar refractivity (Wildman–Crippen MR) is 116 cm³/mol. The normalized spacial score (nSPS) is 16.2. The molecule has 0 amide bonds. The molecule has 0 spiro atoms. The Hall–Kier alpha value is -2.13. The topological polar surface area (TPSA) is 95.4 Å². The number of hydrogen-bond donors (Lipinski definition) is 1. The first-order chi connectivity index (χ1) is 13.4. The summed E-state index contributed by atoms with van der Waals surface area (Å²) >= 11 is 3.65. The van der Waals surface area contributed by atoms with Gasteiger partial charge in [-0.2, -0.15) is 4.36 Å². The molecule has 1 aliphatic heterocycles. The van der Waals surface area contributed by atoms with E-state index >= 15 is 0 Å². The average Bonchev–Trinajstić information content (AvgIpc) is 2.95. The van der Waals surface area contributed by atoms with Gasteiger partial charge in [0.05, 0.1) is 26.8 Å². The first kappa shape index (κ1) is 19.2. The molecule has 2 N–H and O–H groups in total. The van der Waals surface area contributed by atoms with Gasteiger partial charge in [0.25, 0.3) is 0 Å². The third-order valence-corrected chi connectivity index (χ3v) is 8.40. The number of nitrogens with two attached hydrogens (primary N) is 1. The van der Waals surface area contributed by atoms with Crippen LogP contribution < -0.4 is 10.5 Å². The number of nitrogen functional groups attached to an aromatic ring is 1. The van der Waals surface area contributed by atoms with E-state index in [0.29, 0.717) is 28.8 Å². The van der Waals surface area contributed by atoms with Gasteiger partial charge in [0.15, 0.2) is 0 Å².